The molecule has 0 atom stereocenters. The number of aromatic nitrogens is 1. The Labute approximate surface area is 207 Å². The number of aryl methyl sites for hydroxylation is 1. The Kier molecular flexibility index (Phi) is 11.6. The maximum Gasteiger partial charge on any atom is 0.190 e. The second kappa shape index (κ2) is 13.9. The van der Waals surface area contributed by atoms with Crippen LogP contribution in [0.15, 0.2) is 35.5 Å². The van der Waals surface area contributed by atoms with Crippen LogP contribution >= 0.6 is 35.3 Å². The number of benzene rings is 1. The first kappa shape index (κ1) is 25.9. The average Bonchev–Trinajstić information content (AvgIpc) is 3.25. The largest absolute Gasteiger partial charge is 0.497 e. The Morgan fingerprint density at radius 3 is 2.58 bits per heavy atom. The zero-order chi connectivity index (χ0) is 21.2. The zero-order valence-corrected chi connectivity index (χ0v) is 22.0. The van der Waals surface area contributed by atoms with Gasteiger partial charge in [0.1, 0.15) is 5.75 Å². The van der Waals surface area contributed by atoms with Gasteiger partial charge in [0.2, 0.25) is 0 Å². The molecule has 0 spiro atoms. The maximum absolute atomic E-state index is 5.24. The minimum absolute atomic E-state index is 0. The molecule has 2 heterocycles. The van der Waals surface area contributed by atoms with E-state index in [2.05, 4.69) is 44.6 Å². The van der Waals surface area contributed by atoms with E-state index in [-0.39, 0.29) is 24.0 Å². The number of halogens is 1. The van der Waals surface area contributed by atoms with Gasteiger partial charge in [-0.2, -0.15) is 0 Å². The number of piperidine rings is 1. The van der Waals surface area contributed by atoms with Gasteiger partial charge in [0.15, 0.2) is 5.96 Å². The molecule has 1 fully saturated rings. The second-order valence-corrected chi connectivity index (χ2v) is 8.97. The highest BCUT2D eigenvalue weighted by Crippen LogP contribution is 2.19. The third-order valence-corrected chi connectivity index (χ3v) is 6.84. The Morgan fingerprint density at radius 1 is 1.23 bits per heavy atom. The van der Waals surface area contributed by atoms with Crippen LogP contribution in [0.25, 0.3) is 0 Å². The summed E-state index contributed by atoms with van der Waals surface area (Å²) in [5.74, 6) is 2.51. The molecule has 0 amide bonds. The summed E-state index contributed by atoms with van der Waals surface area (Å²) in [5, 5.41) is 8.12. The topological polar surface area (TPSA) is 61.8 Å². The van der Waals surface area contributed by atoms with E-state index in [1.807, 2.05) is 36.7 Å². The summed E-state index contributed by atoms with van der Waals surface area (Å²) in [4.78, 5) is 12.7. The summed E-state index contributed by atoms with van der Waals surface area (Å²) in [5.41, 5.74) is 1.35. The standard InChI is InChI=1S/C23H35N5OS.HI/c1-4-21-16-26-22(30-21)9-12-25-23(24-2)27-15-18-10-13-28(14-11-18)17-19-5-7-20(29-3)8-6-19;/h5-8,16,18H,4,9-15,17H2,1-3H3,(H2,24,25,27);1H. The van der Waals surface area contributed by atoms with Crippen molar-refractivity contribution in [3.8, 4) is 5.75 Å². The Balaban J connectivity index is 0.00000341. The first-order chi connectivity index (χ1) is 14.7. The molecule has 3 rings (SSSR count). The zero-order valence-electron chi connectivity index (χ0n) is 18.9. The van der Waals surface area contributed by atoms with Crippen molar-refractivity contribution >= 4 is 41.3 Å². The lowest BCUT2D eigenvalue weighted by molar-refractivity contribution is 0.178. The molecular weight excluding hydrogens is 521 g/mol. The van der Waals surface area contributed by atoms with Crippen LogP contribution in [0.5, 0.6) is 5.75 Å². The maximum atomic E-state index is 5.24. The smallest absolute Gasteiger partial charge is 0.190 e. The Bertz CT molecular complexity index is 788. The number of ether oxygens (including phenoxy) is 1. The minimum atomic E-state index is 0. The second-order valence-electron chi connectivity index (χ2n) is 7.77. The fourth-order valence-electron chi connectivity index (χ4n) is 3.71. The van der Waals surface area contributed by atoms with Gasteiger partial charge in [0.05, 0.1) is 12.1 Å². The van der Waals surface area contributed by atoms with Crippen molar-refractivity contribution in [2.45, 2.75) is 39.2 Å². The van der Waals surface area contributed by atoms with Gasteiger partial charge in [-0.15, -0.1) is 35.3 Å². The van der Waals surface area contributed by atoms with Crippen molar-refractivity contribution in [1.82, 2.24) is 20.5 Å². The number of methoxy groups -OCH3 is 1. The molecule has 1 aliphatic heterocycles. The number of thiazole rings is 1. The highest BCUT2D eigenvalue weighted by Gasteiger charge is 2.19. The van der Waals surface area contributed by atoms with E-state index < -0.39 is 0 Å². The van der Waals surface area contributed by atoms with Crippen molar-refractivity contribution in [1.29, 1.82) is 0 Å². The van der Waals surface area contributed by atoms with E-state index in [9.17, 15) is 0 Å². The van der Waals surface area contributed by atoms with Gasteiger partial charge in [-0.25, -0.2) is 4.98 Å². The SMILES string of the molecule is CCc1cnc(CCNC(=NC)NCC2CCN(Cc3ccc(OC)cc3)CC2)s1.I. The van der Waals surface area contributed by atoms with Crippen LogP contribution in [0.2, 0.25) is 0 Å². The highest BCUT2D eigenvalue weighted by atomic mass is 127. The number of nitrogens with one attached hydrogen (secondary N) is 2. The molecule has 1 aromatic carbocycles. The van der Waals surface area contributed by atoms with Crippen LogP contribution in [-0.2, 0) is 19.4 Å². The summed E-state index contributed by atoms with van der Waals surface area (Å²) in [6, 6.07) is 8.41. The van der Waals surface area contributed by atoms with Gasteiger partial charge >= 0.3 is 0 Å². The third kappa shape index (κ3) is 8.57. The average molecular weight is 558 g/mol. The summed E-state index contributed by atoms with van der Waals surface area (Å²) in [7, 11) is 3.55. The quantitative estimate of drug-likeness (QED) is 0.278. The van der Waals surface area contributed by atoms with Crippen LogP contribution in [0.4, 0.5) is 0 Å². The van der Waals surface area contributed by atoms with E-state index in [4.69, 9.17) is 4.74 Å². The Hall–Kier alpha value is -1.39. The first-order valence-electron chi connectivity index (χ1n) is 10.9. The van der Waals surface area contributed by atoms with E-state index in [1.54, 1.807) is 7.11 Å². The summed E-state index contributed by atoms with van der Waals surface area (Å²) in [6.07, 6.45) is 6.44. The predicted octanol–water partition coefficient (Wildman–Crippen LogP) is 3.95. The highest BCUT2D eigenvalue weighted by molar-refractivity contribution is 14.0. The predicted molar refractivity (Wildman–Crippen MR) is 141 cm³/mol. The van der Waals surface area contributed by atoms with Crippen LogP contribution in [0.3, 0.4) is 0 Å². The lowest BCUT2D eigenvalue weighted by Crippen LogP contribution is -2.43. The van der Waals surface area contributed by atoms with Crippen LogP contribution in [0.1, 0.15) is 35.2 Å². The van der Waals surface area contributed by atoms with Gasteiger partial charge in [-0.3, -0.25) is 9.89 Å². The van der Waals surface area contributed by atoms with E-state index in [0.717, 1.165) is 57.3 Å². The van der Waals surface area contributed by atoms with Crippen molar-refractivity contribution in [3.05, 3.63) is 45.9 Å². The monoisotopic (exact) mass is 557 g/mol. The normalized spacial score (nSPS) is 15.4. The molecule has 0 saturated carbocycles. The van der Waals surface area contributed by atoms with Crippen molar-refractivity contribution in [3.63, 3.8) is 0 Å². The van der Waals surface area contributed by atoms with Crippen molar-refractivity contribution in [2.75, 3.05) is 40.3 Å². The fraction of sp³-hybridized carbons (Fsp3) is 0.565. The van der Waals surface area contributed by atoms with Gasteiger partial charge in [0, 0.05) is 44.2 Å². The van der Waals surface area contributed by atoms with Gasteiger partial charge < -0.3 is 15.4 Å². The summed E-state index contributed by atoms with van der Waals surface area (Å²) < 4.78 is 5.24. The molecule has 1 aromatic heterocycles. The molecule has 0 unspecified atom stereocenters. The molecule has 0 aliphatic carbocycles. The fourth-order valence-corrected chi connectivity index (χ4v) is 4.58. The molecule has 1 aliphatic rings. The summed E-state index contributed by atoms with van der Waals surface area (Å²) in [6.45, 7) is 7.32. The molecule has 0 bridgehead atoms. The van der Waals surface area contributed by atoms with Gasteiger partial charge in [-0.05, 0) is 56.0 Å². The number of hydrogen-bond donors (Lipinski definition) is 2. The molecule has 2 N–H and O–H groups in total. The Morgan fingerprint density at radius 2 is 1.97 bits per heavy atom. The number of hydrogen-bond acceptors (Lipinski definition) is 5. The number of nitrogens with zero attached hydrogens (tertiary/aromatic N) is 3. The third-order valence-electron chi connectivity index (χ3n) is 5.64. The first-order valence-corrected chi connectivity index (χ1v) is 11.7. The molecule has 8 heteroatoms. The molecular formula is C23H36IN5OS. The van der Waals surface area contributed by atoms with Crippen LogP contribution in [-0.4, -0.2) is 56.2 Å². The van der Waals surface area contributed by atoms with Gasteiger partial charge in [-0.1, -0.05) is 19.1 Å². The number of guanidine groups is 1. The number of likely N-dealkylation sites (tertiary alicyclic amines) is 1. The molecule has 2 aromatic rings. The number of rotatable bonds is 9. The van der Waals surface area contributed by atoms with E-state index in [1.165, 1.54) is 28.3 Å². The van der Waals surface area contributed by atoms with Crippen LogP contribution < -0.4 is 15.4 Å². The van der Waals surface area contributed by atoms with E-state index in [0.29, 0.717) is 5.92 Å². The summed E-state index contributed by atoms with van der Waals surface area (Å²) >= 11 is 1.81. The van der Waals surface area contributed by atoms with Crippen LogP contribution in [0, 0.1) is 5.92 Å². The van der Waals surface area contributed by atoms with Crippen molar-refractivity contribution in [2.24, 2.45) is 10.9 Å². The van der Waals surface area contributed by atoms with E-state index >= 15 is 0 Å². The minimum Gasteiger partial charge on any atom is -0.497 e. The number of aliphatic imine (C=N–C) groups is 1. The van der Waals surface area contributed by atoms with Gasteiger partial charge in [0.25, 0.3) is 0 Å². The molecule has 0 radical (unpaired) electrons. The lowest BCUT2D eigenvalue weighted by atomic mass is 9.96. The lowest BCUT2D eigenvalue weighted by Gasteiger charge is -2.32. The molecule has 6 nitrogen and oxygen atoms in total. The van der Waals surface area contributed by atoms with Crippen molar-refractivity contribution < 1.29 is 4.74 Å². The molecule has 31 heavy (non-hydrogen) atoms. The molecule has 1 saturated heterocycles. The molecule has 172 valence electrons.